The van der Waals surface area contributed by atoms with Crippen molar-refractivity contribution >= 4 is 5.97 Å². The number of fused-ring (bicyclic) bond motifs is 1. The van der Waals surface area contributed by atoms with Crippen LogP contribution in [0.3, 0.4) is 0 Å². The largest absolute Gasteiger partial charge is 0.466 e. The fraction of sp³-hybridized carbons (Fsp3) is 0.650. The van der Waals surface area contributed by atoms with Crippen molar-refractivity contribution in [2.45, 2.75) is 57.6 Å². The molecule has 4 rings (SSSR count). The first-order chi connectivity index (χ1) is 12.5. The van der Waals surface area contributed by atoms with E-state index in [0.717, 1.165) is 5.56 Å². The van der Waals surface area contributed by atoms with E-state index in [2.05, 4.69) is 0 Å². The standard InChI is InChI=1S/C20H26O6/c1-4-22-19(21)15-14-17(15)25-16(13-11-24-20(2,3)26-13)18(14)23-10-12-8-6-5-7-9-12/h5-9,13-18H,4,10-11H2,1-3H3/t13-,14-,15-,16+,17-,18+/m0/s1. The molecule has 2 aliphatic heterocycles. The van der Waals surface area contributed by atoms with Gasteiger partial charge in [0.2, 0.25) is 0 Å². The number of hydrogen-bond donors (Lipinski definition) is 0. The quantitative estimate of drug-likeness (QED) is 0.724. The van der Waals surface area contributed by atoms with Gasteiger partial charge < -0.3 is 23.7 Å². The highest BCUT2D eigenvalue weighted by Crippen LogP contribution is 2.55. The molecule has 26 heavy (non-hydrogen) atoms. The monoisotopic (exact) mass is 362 g/mol. The number of esters is 1. The molecule has 142 valence electrons. The minimum atomic E-state index is -0.620. The summed E-state index contributed by atoms with van der Waals surface area (Å²) in [5, 5.41) is 0. The zero-order valence-corrected chi connectivity index (χ0v) is 15.4. The van der Waals surface area contributed by atoms with Gasteiger partial charge in [-0.15, -0.1) is 0 Å². The predicted octanol–water partition coefficient (Wildman–Crippen LogP) is 2.30. The van der Waals surface area contributed by atoms with E-state index >= 15 is 0 Å². The Bertz CT molecular complexity index is 645. The van der Waals surface area contributed by atoms with Gasteiger partial charge in [-0.05, 0) is 26.3 Å². The van der Waals surface area contributed by atoms with Gasteiger partial charge in [-0.25, -0.2) is 0 Å². The molecule has 3 aliphatic rings. The molecule has 2 saturated heterocycles. The summed E-state index contributed by atoms with van der Waals surface area (Å²) in [4.78, 5) is 12.2. The maximum atomic E-state index is 12.2. The molecular weight excluding hydrogens is 336 g/mol. The van der Waals surface area contributed by atoms with Gasteiger partial charge in [0, 0.05) is 5.92 Å². The van der Waals surface area contributed by atoms with Gasteiger partial charge in [0.05, 0.1) is 37.9 Å². The zero-order chi connectivity index (χ0) is 18.3. The highest BCUT2D eigenvalue weighted by Gasteiger charge is 2.69. The van der Waals surface area contributed by atoms with Crippen LogP contribution in [0.2, 0.25) is 0 Å². The topological polar surface area (TPSA) is 63.2 Å². The Kier molecular flexibility index (Phi) is 4.77. The van der Waals surface area contributed by atoms with E-state index in [-0.39, 0.29) is 42.2 Å². The lowest BCUT2D eigenvalue weighted by Crippen LogP contribution is -2.42. The second-order valence-electron chi connectivity index (χ2n) is 7.55. The van der Waals surface area contributed by atoms with Crippen molar-refractivity contribution in [1.82, 2.24) is 0 Å². The molecule has 0 bridgehead atoms. The van der Waals surface area contributed by atoms with Crippen LogP contribution in [0.25, 0.3) is 0 Å². The normalized spacial score (nSPS) is 37.3. The first-order valence-corrected chi connectivity index (χ1v) is 9.29. The summed E-state index contributed by atoms with van der Waals surface area (Å²) in [5.41, 5.74) is 1.09. The number of rotatable bonds is 6. The average Bonchev–Trinajstić information content (AvgIpc) is 3.02. The molecule has 0 amide bonds. The molecule has 0 unspecified atom stereocenters. The van der Waals surface area contributed by atoms with Crippen LogP contribution in [-0.2, 0) is 35.1 Å². The molecular formula is C20H26O6. The molecule has 3 fully saturated rings. The van der Waals surface area contributed by atoms with Crippen LogP contribution in [0.4, 0.5) is 0 Å². The molecule has 6 heteroatoms. The van der Waals surface area contributed by atoms with E-state index in [0.29, 0.717) is 19.8 Å². The second kappa shape index (κ2) is 6.93. The van der Waals surface area contributed by atoms with Crippen molar-refractivity contribution in [1.29, 1.82) is 0 Å². The van der Waals surface area contributed by atoms with E-state index in [4.69, 9.17) is 23.7 Å². The summed E-state index contributed by atoms with van der Waals surface area (Å²) in [6, 6.07) is 10.00. The van der Waals surface area contributed by atoms with Crippen LogP contribution in [0.1, 0.15) is 26.3 Å². The van der Waals surface area contributed by atoms with Crippen LogP contribution in [0.15, 0.2) is 30.3 Å². The number of ether oxygens (including phenoxy) is 5. The molecule has 1 aromatic rings. The third-order valence-electron chi connectivity index (χ3n) is 5.27. The Morgan fingerprint density at radius 2 is 2.00 bits per heavy atom. The molecule has 1 aliphatic carbocycles. The van der Waals surface area contributed by atoms with Gasteiger partial charge in [0.15, 0.2) is 5.79 Å². The first-order valence-electron chi connectivity index (χ1n) is 9.29. The third-order valence-corrected chi connectivity index (χ3v) is 5.27. The molecule has 1 aromatic carbocycles. The summed E-state index contributed by atoms with van der Waals surface area (Å²) in [6.07, 6.45) is -0.785. The summed E-state index contributed by atoms with van der Waals surface area (Å²) >= 11 is 0. The smallest absolute Gasteiger partial charge is 0.312 e. The summed E-state index contributed by atoms with van der Waals surface area (Å²) in [7, 11) is 0. The van der Waals surface area contributed by atoms with Crippen LogP contribution in [-0.4, -0.2) is 49.4 Å². The van der Waals surface area contributed by atoms with Gasteiger partial charge in [-0.3, -0.25) is 4.79 Å². The van der Waals surface area contributed by atoms with Crippen LogP contribution in [0.5, 0.6) is 0 Å². The van der Waals surface area contributed by atoms with Crippen LogP contribution in [0, 0.1) is 11.8 Å². The third kappa shape index (κ3) is 3.39. The average molecular weight is 362 g/mol. The first kappa shape index (κ1) is 17.9. The maximum Gasteiger partial charge on any atom is 0.312 e. The van der Waals surface area contributed by atoms with Gasteiger partial charge >= 0.3 is 5.97 Å². The number of carbonyl (C=O) groups excluding carboxylic acids is 1. The Morgan fingerprint density at radius 1 is 1.23 bits per heavy atom. The van der Waals surface area contributed by atoms with E-state index in [1.807, 2.05) is 51.1 Å². The Balaban J connectivity index is 1.46. The lowest BCUT2D eigenvalue weighted by Gasteiger charge is -2.28. The number of carbonyl (C=O) groups is 1. The van der Waals surface area contributed by atoms with E-state index in [1.165, 1.54) is 0 Å². The van der Waals surface area contributed by atoms with Crippen molar-refractivity contribution in [2.24, 2.45) is 11.8 Å². The van der Waals surface area contributed by atoms with Crippen molar-refractivity contribution in [3.63, 3.8) is 0 Å². The molecule has 1 saturated carbocycles. The van der Waals surface area contributed by atoms with Crippen molar-refractivity contribution in [2.75, 3.05) is 13.2 Å². The molecule has 0 N–H and O–H groups in total. The molecule has 2 heterocycles. The lowest BCUT2D eigenvalue weighted by atomic mass is 10.0. The summed E-state index contributed by atoms with van der Waals surface area (Å²) in [5.74, 6) is -1.03. The fourth-order valence-electron chi connectivity index (χ4n) is 4.03. The molecule has 6 nitrogen and oxygen atoms in total. The number of hydrogen-bond acceptors (Lipinski definition) is 6. The SMILES string of the molecule is CCOC(=O)[C@@H]1[C@H]2O[C@H]([C@@H]3COC(C)(C)O3)[C@H](OCc3ccccc3)[C@H]21. The van der Waals surface area contributed by atoms with Crippen molar-refractivity contribution in [3.05, 3.63) is 35.9 Å². The maximum absolute atomic E-state index is 12.2. The van der Waals surface area contributed by atoms with Crippen molar-refractivity contribution < 1.29 is 28.5 Å². The lowest BCUT2D eigenvalue weighted by molar-refractivity contribution is -0.173. The zero-order valence-electron chi connectivity index (χ0n) is 15.4. The van der Waals surface area contributed by atoms with E-state index < -0.39 is 5.79 Å². The van der Waals surface area contributed by atoms with E-state index in [1.54, 1.807) is 0 Å². The van der Waals surface area contributed by atoms with Gasteiger partial charge in [-0.2, -0.15) is 0 Å². The van der Waals surface area contributed by atoms with Gasteiger partial charge in [0.25, 0.3) is 0 Å². The highest BCUT2D eigenvalue weighted by molar-refractivity contribution is 5.77. The Hall–Kier alpha value is -1.47. The highest BCUT2D eigenvalue weighted by atomic mass is 16.8. The van der Waals surface area contributed by atoms with Crippen LogP contribution >= 0.6 is 0 Å². The molecule has 0 radical (unpaired) electrons. The van der Waals surface area contributed by atoms with Gasteiger partial charge in [0.1, 0.15) is 12.2 Å². The predicted molar refractivity (Wildman–Crippen MR) is 92.2 cm³/mol. The van der Waals surface area contributed by atoms with E-state index in [9.17, 15) is 4.79 Å². The van der Waals surface area contributed by atoms with Crippen LogP contribution < -0.4 is 0 Å². The summed E-state index contributed by atoms with van der Waals surface area (Å²) < 4.78 is 29.2. The molecule has 0 aromatic heterocycles. The second-order valence-corrected chi connectivity index (χ2v) is 7.55. The molecule has 0 spiro atoms. The van der Waals surface area contributed by atoms with Gasteiger partial charge in [-0.1, -0.05) is 30.3 Å². The molecule has 6 atom stereocenters. The Morgan fingerprint density at radius 3 is 2.65 bits per heavy atom. The minimum Gasteiger partial charge on any atom is -0.466 e. The van der Waals surface area contributed by atoms with Crippen molar-refractivity contribution in [3.8, 4) is 0 Å². The Labute approximate surface area is 153 Å². The minimum absolute atomic E-state index is 0.0232. The summed E-state index contributed by atoms with van der Waals surface area (Å²) in [6.45, 7) is 6.91. The number of benzene rings is 1. The fourth-order valence-corrected chi connectivity index (χ4v) is 4.03.